The summed E-state index contributed by atoms with van der Waals surface area (Å²) in [6, 6.07) is 6.59. The third-order valence-electron chi connectivity index (χ3n) is 6.28. The lowest BCUT2D eigenvalue weighted by molar-refractivity contribution is 0.0934. The molecule has 138 valence electrons. The van der Waals surface area contributed by atoms with Gasteiger partial charge in [-0.05, 0) is 42.2 Å². The largest absolute Gasteiger partial charge is 0.353 e. The van der Waals surface area contributed by atoms with E-state index in [1.54, 1.807) is 29.5 Å². The molecule has 2 unspecified atom stereocenters. The number of carbonyl (C=O) groups is 1. The summed E-state index contributed by atoms with van der Waals surface area (Å²) < 4.78 is 14.1. The maximum absolute atomic E-state index is 14.1. The van der Waals surface area contributed by atoms with Crippen molar-refractivity contribution < 1.29 is 9.18 Å². The van der Waals surface area contributed by atoms with Crippen LogP contribution in [-0.2, 0) is 12.8 Å². The van der Waals surface area contributed by atoms with E-state index < -0.39 is 6.17 Å². The zero-order chi connectivity index (χ0) is 18.5. The van der Waals surface area contributed by atoms with E-state index in [9.17, 15) is 9.18 Å². The van der Waals surface area contributed by atoms with Gasteiger partial charge in [0, 0.05) is 10.4 Å². The number of fused-ring (bicyclic) bond motifs is 3. The highest BCUT2D eigenvalue weighted by molar-refractivity contribution is 7.16. The Hall–Kier alpha value is -1.88. The second-order valence-corrected chi connectivity index (χ2v) is 9.17. The highest BCUT2D eigenvalue weighted by Crippen LogP contribution is 2.47. The van der Waals surface area contributed by atoms with Gasteiger partial charge in [0.15, 0.2) is 0 Å². The Labute approximate surface area is 158 Å². The molecule has 0 saturated carbocycles. The molecule has 1 aliphatic heterocycles. The molecular weight excluding hydrogens is 347 g/mol. The summed E-state index contributed by atoms with van der Waals surface area (Å²) in [5.74, 6) is 0.253. The highest BCUT2D eigenvalue weighted by atomic mass is 32.1. The molecule has 0 fully saturated rings. The molecule has 0 radical (unpaired) electrons. The molecule has 4 rings (SSSR count). The molecule has 3 nitrogen and oxygen atoms in total. The molecule has 1 aromatic carbocycles. The Morgan fingerprint density at radius 2 is 2.04 bits per heavy atom. The van der Waals surface area contributed by atoms with E-state index in [4.69, 9.17) is 0 Å². The van der Waals surface area contributed by atoms with Crippen LogP contribution in [0.5, 0.6) is 0 Å². The van der Waals surface area contributed by atoms with Crippen LogP contribution in [-0.4, -0.2) is 5.91 Å². The highest BCUT2D eigenvalue weighted by Gasteiger charge is 2.37. The Morgan fingerprint density at radius 1 is 1.27 bits per heavy atom. The van der Waals surface area contributed by atoms with Gasteiger partial charge in [0.25, 0.3) is 5.91 Å². The Kier molecular flexibility index (Phi) is 4.30. The third-order valence-corrected chi connectivity index (χ3v) is 7.46. The van der Waals surface area contributed by atoms with Gasteiger partial charge in [-0.1, -0.05) is 45.4 Å². The number of hydrogen-bond acceptors (Lipinski definition) is 3. The Bertz CT molecular complexity index is 858. The van der Waals surface area contributed by atoms with Crippen molar-refractivity contribution in [2.45, 2.75) is 52.6 Å². The molecule has 2 aromatic rings. The van der Waals surface area contributed by atoms with Gasteiger partial charge in [-0.25, -0.2) is 4.39 Å². The lowest BCUT2D eigenvalue weighted by Gasteiger charge is -2.36. The number of halogens is 1. The van der Waals surface area contributed by atoms with E-state index in [-0.39, 0.29) is 11.7 Å². The van der Waals surface area contributed by atoms with Crippen LogP contribution in [0.2, 0.25) is 0 Å². The van der Waals surface area contributed by atoms with Crippen molar-refractivity contribution in [2.75, 3.05) is 5.32 Å². The van der Waals surface area contributed by atoms with Gasteiger partial charge in [0.1, 0.15) is 17.0 Å². The number of nitrogens with one attached hydrogen (secondary N) is 2. The van der Waals surface area contributed by atoms with E-state index in [1.165, 1.54) is 16.5 Å². The maximum Gasteiger partial charge on any atom is 0.256 e. The monoisotopic (exact) mass is 372 g/mol. The fraction of sp³-hybridized carbons (Fsp3) is 0.476. The van der Waals surface area contributed by atoms with Crippen molar-refractivity contribution in [3.8, 4) is 0 Å². The third kappa shape index (κ3) is 2.82. The van der Waals surface area contributed by atoms with Crippen molar-refractivity contribution >= 4 is 22.2 Å². The molecule has 0 bridgehead atoms. The fourth-order valence-electron chi connectivity index (χ4n) is 4.12. The molecule has 2 heterocycles. The molecule has 2 N–H and O–H groups in total. The van der Waals surface area contributed by atoms with Crippen LogP contribution in [0.3, 0.4) is 0 Å². The van der Waals surface area contributed by atoms with Gasteiger partial charge in [0.2, 0.25) is 0 Å². The van der Waals surface area contributed by atoms with E-state index in [0.717, 1.165) is 36.2 Å². The molecule has 5 heteroatoms. The molecule has 2 aliphatic rings. The summed E-state index contributed by atoms with van der Waals surface area (Å²) in [5.41, 5.74) is 2.77. The molecular formula is C21H25FN2OS. The van der Waals surface area contributed by atoms with Gasteiger partial charge in [0.05, 0.1) is 5.56 Å². The molecule has 0 spiro atoms. The summed E-state index contributed by atoms with van der Waals surface area (Å²) in [7, 11) is 0. The zero-order valence-electron chi connectivity index (χ0n) is 15.5. The van der Waals surface area contributed by atoms with Gasteiger partial charge < -0.3 is 10.6 Å². The van der Waals surface area contributed by atoms with Crippen LogP contribution in [0.1, 0.15) is 66.1 Å². The average molecular weight is 373 g/mol. The number of hydrogen-bond donors (Lipinski definition) is 2. The standard InChI is InChI=1S/C21H25FN2OS/c1-4-21(2,3)12-9-10-14-16(11-12)26-20-17(14)19(25)23-18(24-20)13-7-5-6-8-15(13)22/h5-8,12,18,24H,4,9-11H2,1-3H3,(H,23,25). The summed E-state index contributed by atoms with van der Waals surface area (Å²) in [5, 5.41) is 7.18. The average Bonchev–Trinajstić information content (AvgIpc) is 3.00. The number of thiophene rings is 1. The normalized spacial score (nSPS) is 22.2. The smallest absolute Gasteiger partial charge is 0.256 e. The number of carbonyl (C=O) groups excluding carboxylic acids is 1. The molecule has 2 atom stereocenters. The van der Waals surface area contributed by atoms with E-state index >= 15 is 0 Å². The predicted molar refractivity (Wildman–Crippen MR) is 104 cm³/mol. The lowest BCUT2D eigenvalue weighted by atomic mass is 9.69. The van der Waals surface area contributed by atoms with Crippen LogP contribution >= 0.6 is 11.3 Å². The summed E-state index contributed by atoms with van der Waals surface area (Å²) in [4.78, 5) is 14.1. The summed E-state index contributed by atoms with van der Waals surface area (Å²) >= 11 is 1.68. The molecule has 0 saturated heterocycles. The van der Waals surface area contributed by atoms with Crippen LogP contribution in [0.25, 0.3) is 0 Å². The first-order chi connectivity index (χ1) is 12.4. The van der Waals surface area contributed by atoms with Crippen LogP contribution in [0, 0.1) is 17.2 Å². The zero-order valence-corrected chi connectivity index (χ0v) is 16.3. The van der Waals surface area contributed by atoms with E-state index in [1.807, 2.05) is 0 Å². The van der Waals surface area contributed by atoms with Crippen LogP contribution in [0.15, 0.2) is 24.3 Å². The van der Waals surface area contributed by atoms with Gasteiger partial charge in [-0.3, -0.25) is 4.79 Å². The van der Waals surface area contributed by atoms with Crippen LogP contribution in [0.4, 0.5) is 9.39 Å². The lowest BCUT2D eigenvalue weighted by Crippen LogP contribution is -2.39. The fourth-order valence-corrected chi connectivity index (χ4v) is 5.47. The second-order valence-electron chi connectivity index (χ2n) is 8.06. The molecule has 1 amide bonds. The summed E-state index contributed by atoms with van der Waals surface area (Å²) in [6.45, 7) is 6.94. The van der Waals surface area contributed by atoms with Gasteiger partial charge >= 0.3 is 0 Å². The first-order valence-electron chi connectivity index (χ1n) is 9.37. The van der Waals surface area contributed by atoms with Crippen molar-refractivity contribution in [1.82, 2.24) is 5.32 Å². The first kappa shape index (κ1) is 17.5. The van der Waals surface area contributed by atoms with Crippen molar-refractivity contribution in [3.63, 3.8) is 0 Å². The number of benzene rings is 1. The predicted octanol–water partition coefficient (Wildman–Crippen LogP) is 5.28. The quantitative estimate of drug-likeness (QED) is 0.769. The topological polar surface area (TPSA) is 41.1 Å². The Morgan fingerprint density at radius 3 is 2.77 bits per heavy atom. The van der Waals surface area contributed by atoms with Crippen LogP contribution < -0.4 is 10.6 Å². The van der Waals surface area contributed by atoms with Crippen molar-refractivity contribution in [1.29, 1.82) is 0 Å². The minimum atomic E-state index is -0.515. The number of rotatable bonds is 3. The minimum absolute atomic E-state index is 0.0855. The van der Waals surface area contributed by atoms with Gasteiger partial charge in [-0.15, -0.1) is 11.3 Å². The first-order valence-corrected chi connectivity index (χ1v) is 10.2. The SMILES string of the molecule is CCC(C)(C)C1CCc2c(sc3c2C(=O)NC(c2ccccc2F)N3)C1. The maximum atomic E-state index is 14.1. The molecule has 1 aromatic heterocycles. The van der Waals surface area contributed by atoms with Crippen molar-refractivity contribution in [3.05, 3.63) is 51.7 Å². The summed E-state index contributed by atoms with van der Waals surface area (Å²) in [6.07, 6.45) is 3.76. The minimum Gasteiger partial charge on any atom is -0.353 e. The molecule has 26 heavy (non-hydrogen) atoms. The molecule has 1 aliphatic carbocycles. The van der Waals surface area contributed by atoms with Gasteiger partial charge in [-0.2, -0.15) is 0 Å². The second kappa shape index (κ2) is 6.38. The van der Waals surface area contributed by atoms with Crippen molar-refractivity contribution in [2.24, 2.45) is 11.3 Å². The van der Waals surface area contributed by atoms with E-state index in [0.29, 0.717) is 16.9 Å². The van der Waals surface area contributed by atoms with E-state index in [2.05, 4.69) is 31.4 Å². The Balaban J connectivity index is 1.65. The number of anilines is 1. The number of amides is 1.